The molecule has 0 radical (unpaired) electrons. The zero-order valence-electron chi connectivity index (χ0n) is 15.8. The number of nitrogens with one attached hydrogen (secondary N) is 2. The predicted molar refractivity (Wildman–Crippen MR) is 114 cm³/mol. The number of rotatable bonds is 7. The standard InChI is InChI=1S/C25H24N2O/c28-25(16-15-21-18-26-23-14-8-7-13-22(21)23)27-24(20-11-5-2-6-12-20)17-19-9-3-1-4-10-19/h1-14,18,24,26H,15-17H2,(H,27,28)/t24-/m0/s1. The fourth-order valence-electron chi connectivity index (χ4n) is 3.64. The summed E-state index contributed by atoms with van der Waals surface area (Å²) in [6.45, 7) is 0. The Morgan fingerprint density at radius 2 is 1.54 bits per heavy atom. The van der Waals surface area contributed by atoms with E-state index in [2.05, 4.69) is 46.7 Å². The van der Waals surface area contributed by atoms with E-state index in [0.717, 1.165) is 23.9 Å². The van der Waals surface area contributed by atoms with Crippen molar-refractivity contribution in [2.75, 3.05) is 0 Å². The number of hydrogen-bond acceptors (Lipinski definition) is 1. The summed E-state index contributed by atoms with van der Waals surface area (Å²) in [5.41, 5.74) is 4.65. The number of para-hydroxylation sites is 1. The molecule has 1 aromatic heterocycles. The number of aryl methyl sites for hydroxylation is 1. The molecule has 0 spiro atoms. The van der Waals surface area contributed by atoms with Gasteiger partial charge >= 0.3 is 0 Å². The van der Waals surface area contributed by atoms with Gasteiger partial charge in [0.1, 0.15) is 0 Å². The lowest BCUT2D eigenvalue weighted by atomic mass is 9.98. The molecule has 0 aliphatic heterocycles. The summed E-state index contributed by atoms with van der Waals surface area (Å²) in [7, 11) is 0. The topological polar surface area (TPSA) is 44.9 Å². The molecule has 1 heterocycles. The van der Waals surface area contributed by atoms with Gasteiger partial charge < -0.3 is 10.3 Å². The third-order valence-corrected chi connectivity index (χ3v) is 5.12. The minimum absolute atomic E-state index is 0.0286. The lowest BCUT2D eigenvalue weighted by Crippen LogP contribution is -2.30. The molecule has 0 saturated heterocycles. The number of H-pyrrole nitrogens is 1. The molecule has 3 aromatic carbocycles. The summed E-state index contributed by atoms with van der Waals surface area (Å²) in [5.74, 6) is 0.0788. The molecule has 0 bridgehead atoms. The van der Waals surface area contributed by atoms with E-state index in [1.165, 1.54) is 16.5 Å². The van der Waals surface area contributed by atoms with Gasteiger partial charge in [-0.3, -0.25) is 4.79 Å². The van der Waals surface area contributed by atoms with Crippen LogP contribution in [0.3, 0.4) is 0 Å². The quantitative estimate of drug-likeness (QED) is 0.463. The second-order valence-corrected chi connectivity index (χ2v) is 7.08. The molecule has 0 saturated carbocycles. The predicted octanol–water partition coefficient (Wildman–Crippen LogP) is 5.20. The minimum atomic E-state index is -0.0286. The average Bonchev–Trinajstić information content (AvgIpc) is 3.16. The summed E-state index contributed by atoms with van der Waals surface area (Å²) < 4.78 is 0. The SMILES string of the molecule is O=C(CCc1c[nH]c2ccccc12)N[C@@H](Cc1ccccc1)c1ccccc1. The van der Waals surface area contributed by atoms with Crippen molar-refractivity contribution in [1.82, 2.24) is 10.3 Å². The van der Waals surface area contributed by atoms with E-state index in [9.17, 15) is 4.79 Å². The largest absolute Gasteiger partial charge is 0.361 e. The second kappa shape index (κ2) is 8.57. The monoisotopic (exact) mass is 368 g/mol. The second-order valence-electron chi connectivity index (χ2n) is 7.08. The fourth-order valence-corrected chi connectivity index (χ4v) is 3.64. The van der Waals surface area contributed by atoms with Crippen LogP contribution >= 0.6 is 0 Å². The van der Waals surface area contributed by atoms with Crippen LogP contribution in [-0.2, 0) is 17.6 Å². The molecule has 0 unspecified atom stereocenters. The van der Waals surface area contributed by atoms with Gasteiger partial charge in [0.25, 0.3) is 0 Å². The molecular weight excluding hydrogens is 344 g/mol. The molecule has 1 atom stereocenters. The van der Waals surface area contributed by atoms with Crippen molar-refractivity contribution in [3.05, 3.63) is 108 Å². The molecule has 3 heteroatoms. The summed E-state index contributed by atoms with van der Waals surface area (Å²) in [4.78, 5) is 16.0. The van der Waals surface area contributed by atoms with Crippen LogP contribution in [0.25, 0.3) is 10.9 Å². The average molecular weight is 368 g/mol. The third kappa shape index (κ3) is 4.32. The Morgan fingerprint density at radius 1 is 0.857 bits per heavy atom. The molecule has 140 valence electrons. The Morgan fingerprint density at radius 3 is 2.32 bits per heavy atom. The first-order valence-electron chi connectivity index (χ1n) is 9.73. The van der Waals surface area contributed by atoms with E-state index in [4.69, 9.17) is 0 Å². The van der Waals surface area contributed by atoms with E-state index < -0.39 is 0 Å². The normalized spacial score (nSPS) is 12.0. The Bertz CT molecular complexity index is 1040. The highest BCUT2D eigenvalue weighted by atomic mass is 16.1. The molecule has 0 aliphatic rings. The van der Waals surface area contributed by atoms with Gasteiger partial charge in [-0.15, -0.1) is 0 Å². The maximum Gasteiger partial charge on any atom is 0.220 e. The molecule has 4 aromatic rings. The Kier molecular flexibility index (Phi) is 5.53. The van der Waals surface area contributed by atoms with Gasteiger partial charge in [0.05, 0.1) is 6.04 Å². The Balaban J connectivity index is 1.44. The molecule has 28 heavy (non-hydrogen) atoms. The van der Waals surface area contributed by atoms with Crippen LogP contribution in [0.15, 0.2) is 91.1 Å². The first-order chi connectivity index (χ1) is 13.8. The van der Waals surface area contributed by atoms with Crippen LogP contribution in [0.4, 0.5) is 0 Å². The number of aromatic nitrogens is 1. The van der Waals surface area contributed by atoms with E-state index in [1.54, 1.807) is 0 Å². The number of carbonyl (C=O) groups is 1. The van der Waals surface area contributed by atoms with Crippen molar-refractivity contribution in [1.29, 1.82) is 0 Å². The highest BCUT2D eigenvalue weighted by molar-refractivity contribution is 5.84. The van der Waals surface area contributed by atoms with Crippen molar-refractivity contribution in [3.8, 4) is 0 Å². The van der Waals surface area contributed by atoms with Crippen LogP contribution in [-0.4, -0.2) is 10.9 Å². The van der Waals surface area contributed by atoms with E-state index in [1.807, 2.05) is 54.7 Å². The maximum absolute atomic E-state index is 12.7. The van der Waals surface area contributed by atoms with Gasteiger partial charge in [-0.2, -0.15) is 0 Å². The summed E-state index contributed by atoms with van der Waals surface area (Å²) in [6.07, 6.45) is 3.99. The van der Waals surface area contributed by atoms with Crippen molar-refractivity contribution in [3.63, 3.8) is 0 Å². The van der Waals surface area contributed by atoms with Crippen LogP contribution in [0.1, 0.15) is 29.2 Å². The lowest BCUT2D eigenvalue weighted by molar-refractivity contribution is -0.121. The van der Waals surface area contributed by atoms with Gasteiger partial charge in [-0.1, -0.05) is 78.9 Å². The molecule has 0 aliphatic carbocycles. The van der Waals surface area contributed by atoms with Crippen molar-refractivity contribution < 1.29 is 4.79 Å². The van der Waals surface area contributed by atoms with E-state index in [-0.39, 0.29) is 11.9 Å². The third-order valence-electron chi connectivity index (χ3n) is 5.12. The highest BCUT2D eigenvalue weighted by Crippen LogP contribution is 2.21. The van der Waals surface area contributed by atoms with Crippen LogP contribution in [0.2, 0.25) is 0 Å². The molecule has 3 nitrogen and oxygen atoms in total. The van der Waals surface area contributed by atoms with Crippen molar-refractivity contribution in [2.45, 2.75) is 25.3 Å². The molecule has 1 amide bonds. The maximum atomic E-state index is 12.7. The van der Waals surface area contributed by atoms with Crippen molar-refractivity contribution in [2.24, 2.45) is 0 Å². The van der Waals surface area contributed by atoms with Crippen LogP contribution in [0, 0.1) is 0 Å². The Hall–Kier alpha value is -3.33. The van der Waals surface area contributed by atoms with Crippen LogP contribution in [0.5, 0.6) is 0 Å². The lowest BCUT2D eigenvalue weighted by Gasteiger charge is -2.19. The smallest absolute Gasteiger partial charge is 0.220 e. The molecule has 0 fully saturated rings. The summed E-state index contributed by atoms with van der Waals surface area (Å²) in [6, 6.07) is 28.7. The molecular formula is C25H24N2O. The van der Waals surface area contributed by atoms with Gasteiger partial charge in [0.2, 0.25) is 5.91 Å². The summed E-state index contributed by atoms with van der Waals surface area (Å²) in [5, 5.41) is 4.44. The zero-order chi connectivity index (χ0) is 19.2. The number of carbonyl (C=O) groups excluding carboxylic acids is 1. The first kappa shape index (κ1) is 18.1. The first-order valence-corrected chi connectivity index (χ1v) is 9.73. The number of fused-ring (bicyclic) bond motifs is 1. The summed E-state index contributed by atoms with van der Waals surface area (Å²) >= 11 is 0. The number of aromatic amines is 1. The molecule has 2 N–H and O–H groups in total. The van der Waals surface area contributed by atoms with Crippen molar-refractivity contribution >= 4 is 16.8 Å². The van der Waals surface area contributed by atoms with Gasteiger partial charge in [-0.25, -0.2) is 0 Å². The fraction of sp³-hybridized carbons (Fsp3) is 0.160. The van der Waals surface area contributed by atoms with E-state index >= 15 is 0 Å². The van der Waals surface area contributed by atoms with E-state index in [0.29, 0.717) is 6.42 Å². The number of hydrogen-bond donors (Lipinski definition) is 2. The highest BCUT2D eigenvalue weighted by Gasteiger charge is 2.15. The molecule has 4 rings (SSSR count). The van der Waals surface area contributed by atoms with Crippen LogP contribution < -0.4 is 5.32 Å². The number of amides is 1. The Labute approximate surface area is 165 Å². The van der Waals surface area contributed by atoms with Gasteiger partial charge in [0.15, 0.2) is 0 Å². The minimum Gasteiger partial charge on any atom is -0.361 e. The zero-order valence-corrected chi connectivity index (χ0v) is 15.8. The van der Waals surface area contributed by atoms with Gasteiger partial charge in [-0.05, 0) is 35.6 Å². The van der Waals surface area contributed by atoms with Gasteiger partial charge in [0, 0.05) is 23.5 Å². The number of benzene rings is 3.